The molecule has 4 rings (SSSR count). The van der Waals surface area contributed by atoms with Crippen LogP contribution in [-0.2, 0) is 16.0 Å². The number of carbonyl (C=O) groups is 1. The molecule has 0 aliphatic carbocycles. The maximum Gasteiger partial charge on any atom is 0.337 e. The summed E-state index contributed by atoms with van der Waals surface area (Å²) in [4.78, 5) is 19.7. The number of benzene rings is 2. The average Bonchev–Trinajstić information content (AvgIpc) is 2.83. The second-order valence-corrected chi connectivity index (χ2v) is 12.0. The molecule has 1 fully saturated rings. The van der Waals surface area contributed by atoms with E-state index in [0.29, 0.717) is 36.1 Å². The van der Waals surface area contributed by atoms with Crippen molar-refractivity contribution < 1.29 is 23.8 Å². The lowest BCUT2D eigenvalue weighted by Crippen LogP contribution is -2.50. The SMILES string of the molecule is Cc1nc(C)c([C@H](OC(C)(C)C)C(=O)O)c(N2CC(C(C)C)C2)c1-c1ccc(OCCc2ccc(F)cc2)cc1. The Kier molecular flexibility index (Phi) is 8.83. The molecule has 2 aromatic carbocycles. The van der Waals surface area contributed by atoms with E-state index in [9.17, 15) is 14.3 Å². The van der Waals surface area contributed by atoms with Gasteiger partial charge in [0, 0.05) is 42.0 Å². The minimum absolute atomic E-state index is 0.249. The van der Waals surface area contributed by atoms with Crippen LogP contribution < -0.4 is 9.64 Å². The van der Waals surface area contributed by atoms with E-state index in [1.807, 2.05) is 58.9 Å². The summed E-state index contributed by atoms with van der Waals surface area (Å²) >= 11 is 0. The van der Waals surface area contributed by atoms with Gasteiger partial charge in [0.05, 0.1) is 17.9 Å². The van der Waals surface area contributed by atoms with Gasteiger partial charge in [0.2, 0.25) is 0 Å². The van der Waals surface area contributed by atoms with Crippen molar-refractivity contribution in [2.45, 2.75) is 66.6 Å². The van der Waals surface area contributed by atoms with Gasteiger partial charge in [-0.25, -0.2) is 9.18 Å². The Morgan fingerprint density at radius 1 is 1.05 bits per heavy atom. The molecule has 1 aliphatic heterocycles. The maximum atomic E-state index is 13.2. The molecule has 1 N–H and O–H groups in total. The van der Waals surface area contributed by atoms with Crippen LogP contribution in [0.4, 0.5) is 10.1 Å². The van der Waals surface area contributed by atoms with Crippen molar-refractivity contribution in [3.63, 3.8) is 0 Å². The summed E-state index contributed by atoms with van der Waals surface area (Å²) in [6.45, 7) is 16.1. The highest BCUT2D eigenvalue weighted by Crippen LogP contribution is 2.45. The first-order chi connectivity index (χ1) is 18.8. The first-order valence-electron chi connectivity index (χ1n) is 14.0. The molecular formula is C33H41FN2O4. The average molecular weight is 549 g/mol. The number of hydrogen-bond donors (Lipinski definition) is 1. The van der Waals surface area contributed by atoms with E-state index in [4.69, 9.17) is 14.5 Å². The third-order valence-corrected chi connectivity index (χ3v) is 7.42. The smallest absolute Gasteiger partial charge is 0.337 e. The standard InChI is InChI=1S/C33H41FN2O4/c1-20(2)25-18-36(19-25)30-28(21(3)35-22(4)29(30)31(32(37)38)40-33(5,6)7)24-10-14-27(15-11-24)39-17-16-23-8-12-26(34)13-9-23/h8-15,20,25,31H,16-19H2,1-7H3,(H,37,38)/t31-/m0/s1. The van der Waals surface area contributed by atoms with Gasteiger partial charge in [0.1, 0.15) is 11.6 Å². The van der Waals surface area contributed by atoms with Crippen molar-refractivity contribution >= 4 is 11.7 Å². The Bertz CT molecular complexity index is 1320. The number of ether oxygens (including phenoxy) is 2. The van der Waals surface area contributed by atoms with Gasteiger partial charge < -0.3 is 19.5 Å². The van der Waals surface area contributed by atoms with Crippen molar-refractivity contribution in [1.82, 2.24) is 4.98 Å². The molecule has 0 bridgehead atoms. The summed E-state index contributed by atoms with van der Waals surface area (Å²) in [5.74, 6) is 0.537. The van der Waals surface area contributed by atoms with Gasteiger partial charge in [0.25, 0.3) is 0 Å². The molecule has 2 heterocycles. The van der Waals surface area contributed by atoms with Crippen LogP contribution in [0.5, 0.6) is 5.75 Å². The van der Waals surface area contributed by atoms with Crippen molar-refractivity contribution in [3.8, 4) is 16.9 Å². The molecule has 3 aromatic rings. The molecule has 1 aliphatic rings. The number of nitrogens with zero attached hydrogens (tertiary/aromatic N) is 2. The van der Waals surface area contributed by atoms with Crippen LogP contribution in [0.3, 0.4) is 0 Å². The molecule has 0 saturated carbocycles. The van der Waals surface area contributed by atoms with Crippen molar-refractivity contribution in [3.05, 3.63) is 76.9 Å². The van der Waals surface area contributed by atoms with Crippen LogP contribution in [0, 0.1) is 31.5 Å². The zero-order chi connectivity index (χ0) is 29.2. The van der Waals surface area contributed by atoms with Crippen LogP contribution in [0.1, 0.15) is 63.2 Å². The number of carboxylic acids is 1. The fourth-order valence-electron chi connectivity index (χ4n) is 5.19. The maximum absolute atomic E-state index is 13.2. The summed E-state index contributed by atoms with van der Waals surface area (Å²) in [5.41, 5.74) is 5.24. The van der Waals surface area contributed by atoms with Crippen molar-refractivity contribution in [2.75, 3.05) is 24.6 Å². The zero-order valence-electron chi connectivity index (χ0n) is 24.6. The Morgan fingerprint density at radius 3 is 2.23 bits per heavy atom. The predicted molar refractivity (Wildman–Crippen MR) is 157 cm³/mol. The third-order valence-electron chi connectivity index (χ3n) is 7.42. The van der Waals surface area contributed by atoms with E-state index in [2.05, 4.69) is 18.7 Å². The topological polar surface area (TPSA) is 71.9 Å². The number of carboxylic acid groups (broad SMARTS) is 1. The number of hydrogen-bond acceptors (Lipinski definition) is 5. The molecular weight excluding hydrogens is 507 g/mol. The molecule has 40 heavy (non-hydrogen) atoms. The fraction of sp³-hybridized carbons (Fsp3) is 0.455. The molecule has 0 amide bonds. The highest BCUT2D eigenvalue weighted by molar-refractivity contribution is 5.88. The van der Waals surface area contributed by atoms with Crippen LogP contribution in [0.25, 0.3) is 11.1 Å². The van der Waals surface area contributed by atoms with Gasteiger partial charge in [-0.3, -0.25) is 4.98 Å². The molecule has 0 radical (unpaired) electrons. The molecule has 0 unspecified atom stereocenters. The van der Waals surface area contributed by atoms with E-state index >= 15 is 0 Å². The van der Waals surface area contributed by atoms with Crippen LogP contribution in [0.2, 0.25) is 0 Å². The Morgan fingerprint density at radius 2 is 1.68 bits per heavy atom. The Balaban J connectivity index is 1.68. The summed E-state index contributed by atoms with van der Waals surface area (Å²) < 4.78 is 25.3. The lowest BCUT2D eigenvalue weighted by Gasteiger charge is -2.46. The Labute approximate surface area is 237 Å². The van der Waals surface area contributed by atoms with Crippen LogP contribution in [0.15, 0.2) is 48.5 Å². The normalized spacial score (nSPS) is 14.8. The third kappa shape index (κ3) is 6.81. The molecule has 1 aromatic heterocycles. The second-order valence-electron chi connectivity index (χ2n) is 12.0. The first kappa shape index (κ1) is 29.5. The number of anilines is 1. The highest BCUT2D eigenvalue weighted by atomic mass is 19.1. The monoisotopic (exact) mass is 548 g/mol. The fourth-order valence-corrected chi connectivity index (χ4v) is 5.19. The molecule has 7 heteroatoms. The second kappa shape index (κ2) is 12.0. The first-order valence-corrected chi connectivity index (χ1v) is 14.0. The minimum atomic E-state index is -1.14. The number of aromatic nitrogens is 1. The largest absolute Gasteiger partial charge is 0.493 e. The predicted octanol–water partition coefficient (Wildman–Crippen LogP) is 7.16. The molecule has 214 valence electrons. The Hall–Kier alpha value is -3.45. The van der Waals surface area contributed by atoms with Crippen molar-refractivity contribution in [1.29, 1.82) is 0 Å². The van der Waals surface area contributed by atoms with Crippen LogP contribution in [-0.4, -0.2) is 41.4 Å². The molecule has 1 saturated heterocycles. The number of aliphatic carboxylic acids is 1. The number of halogens is 1. The quantitative estimate of drug-likeness (QED) is 0.290. The lowest BCUT2D eigenvalue weighted by molar-refractivity contribution is -0.160. The van der Waals surface area contributed by atoms with Gasteiger partial charge >= 0.3 is 5.97 Å². The number of aryl methyl sites for hydroxylation is 2. The van der Waals surface area contributed by atoms with Crippen molar-refractivity contribution in [2.24, 2.45) is 11.8 Å². The van der Waals surface area contributed by atoms with Gasteiger partial charge in [-0.2, -0.15) is 0 Å². The van der Waals surface area contributed by atoms with E-state index in [-0.39, 0.29) is 5.82 Å². The summed E-state index contributed by atoms with van der Waals surface area (Å²) in [6, 6.07) is 14.3. The van der Waals surface area contributed by atoms with Gasteiger partial charge in [-0.05, 0) is 81.8 Å². The van der Waals surface area contributed by atoms with Gasteiger partial charge in [-0.1, -0.05) is 38.1 Å². The summed E-state index contributed by atoms with van der Waals surface area (Å²) in [6.07, 6.45) is -0.471. The summed E-state index contributed by atoms with van der Waals surface area (Å²) in [7, 11) is 0. The van der Waals surface area contributed by atoms with E-state index in [1.54, 1.807) is 12.1 Å². The summed E-state index contributed by atoms with van der Waals surface area (Å²) in [5, 5.41) is 10.3. The lowest BCUT2D eigenvalue weighted by atomic mass is 9.85. The number of rotatable bonds is 10. The highest BCUT2D eigenvalue weighted by Gasteiger charge is 2.38. The molecule has 6 nitrogen and oxygen atoms in total. The van der Waals surface area contributed by atoms with E-state index in [1.165, 1.54) is 12.1 Å². The molecule has 0 spiro atoms. The van der Waals surface area contributed by atoms with Crippen LogP contribution >= 0.6 is 0 Å². The van der Waals surface area contributed by atoms with E-state index < -0.39 is 17.7 Å². The van der Waals surface area contributed by atoms with Gasteiger partial charge in [-0.15, -0.1) is 0 Å². The zero-order valence-corrected chi connectivity index (χ0v) is 24.6. The molecule has 1 atom stereocenters. The van der Waals surface area contributed by atoms with Gasteiger partial charge in [0.15, 0.2) is 6.10 Å². The number of pyridine rings is 1. The van der Waals surface area contributed by atoms with E-state index in [0.717, 1.165) is 46.9 Å². The minimum Gasteiger partial charge on any atom is -0.493 e.